The molecule has 0 amide bonds. The summed E-state index contributed by atoms with van der Waals surface area (Å²) in [5.74, 6) is 0.0348. The first kappa shape index (κ1) is 13.6. The summed E-state index contributed by atoms with van der Waals surface area (Å²) in [5, 5.41) is 3.07. The van der Waals surface area contributed by atoms with Gasteiger partial charge in [-0.15, -0.1) is 11.3 Å². The van der Waals surface area contributed by atoms with Crippen LogP contribution in [0.15, 0.2) is 54.2 Å². The maximum atomic E-state index is 11.4. The molecule has 2 heterocycles. The minimum Gasteiger partial charge on any atom is -0.294 e. The van der Waals surface area contributed by atoms with E-state index in [9.17, 15) is 4.79 Å². The number of benzene rings is 1. The van der Waals surface area contributed by atoms with Crippen molar-refractivity contribution in [2.75, 3.05) is 0 Å². The van der Waals surface area contributed by atoms with E-state index in [1.54, 1.807) is 30.7 Å². The van der Waals surface area contributed by atoms with Gasteiger partial charge < -0.3 is 0 Å². The Hall–Kier alpha value is -2.33. The first-order chi connectivity index (χ1) is 10.2. The molecule has 3 rings (SSSR count). The van der Waals surface area contributed by atoms with E-state index in [0.29, 0.717) is 12.0 Å². The molecule has 0 saturated heterocycles. The molecule has 0 radical (unpaired) electrons. The Morgan fingerprint density at radius 1 is 1.19 bits per heavy atom. The summed E-state index contributed by atoms with van der Waals surface area (Å²) in [5.41, 5.74) is 3.78. The number of carbonyl (C=O) groups is 1. The van der Waals surface area contributed by atoms with E-state index in [-0.39, 0.29) is 5.78 Å². The highest BCUT2D eigenvalue weighted by atomic mass is 32.1. The highest BCUT2D eigenvalue weighted by molar-refractivity contribution is 7.13. The van der Waals surface area contributed by atoms with Gasteiger partial charge in [0.2, 0.25) is 0 Å². The highest BCUT2D eigenvalue weighted by Gasteiger charge is 2.07. The predicted octanol–water partition coefficient (Wildman–Crippen LogP) is 4.00. The van der Waals surface area contributed by atoms with Crippen molar-refractivity contribution >= 4 is 17.1 Å². The Kier molecular flexibility index (Phi) is 3.88. The van der Waals surface area contributed by atoms with Crippen molar-refractivity contribution in [3.63, 3.8) is 0 Å². The van der Waals surface area contributed by atoms with Crippen LogP contribution in [-0.4, -0.2) is 15.8 Å². The van der Waals surface area contributed by atoms with E-state index in [4.69, 9.17) is 0 Å². The molecular weight excluding hydrogens is 280 g/mol. The third kappa shape index (κ3) is 3.23. The normalized spacial score (nSPS) is 10.5. The summed E-state index contributed by atoms with van der Waals surface area (Å²) < 4.78 is 0. The summed E-state index contributed by atoms with van der Waals surface area (Å²) in [6.07, 6.45) is 4.08. The minimum absolute atomic E-state index is 0.0348. The van der Waals surface area contributed by atoms with E-state index in [2.05, 4.69) is 27.5 Å². The average molecular weight is 294 g/mol. The third-order valence-corrected chi connectivity index (χ3v) is 4.10. The molecule has 0 bridgehead atoms. The number of nitrogens with zero attached hydrogens (tertiary/aromatic N) is 2. The first-order valence-electron chi connectivity index (χ1n) is 6.67. The van der Waals surface area contributed by atoms with Gasteiger partial charge in [0, 0.05) is 35.3 Å². The number of thiazole rings is 1. The van der Waals surface area contributed by atoms with Crippen LogP contribution in [0.4, 0.5) is 0 Å². The number of hydrogen-bond acceptors (Lipinski definition) is 4. The van der Waals surface area contributed by atoms with Crippen molar-refractivity contribution in [1.29, 1.82) is 0 Å². The topological polar surface area (TPSA) is 42.9 Å². The third-order valence-electron chi connectivity index (χ3n) is 3.16. The second-order valence-corrected chi connectivity index (χ2v) is 5.68. The summed E-state index contributed by atoms with van der Waals surface area (Å²) in [4.78, 5) is 20.2. The van der Waals surface area contributed by atoms with Crippen LogP contribution in [0.25, 0.3) is 10.6 Å². The van der Waals surface area contributed by atoms with Crippen LogP contribution in [0.2, 0.25) is 0 Å². The van der Waals surface area contributed by atoms with Crippen molar-refractivity contribution in [2.24, 2.45) is 0 Å². The fourth-order valence-electron chi connectivity index (χ4n) is 2.09. The van der Waals surface area contributed by atoms with Gasteiger partial charge in [-0.2, -0.15) is 0 Å². The van der Waals surface area contributed by atoms with Crippen molar-refractivity contribution in [1.82, 2.24) is 9.97 Å². The zero-order valence-electron chi connectivity index (χ0n) is 11.6. The Balaban J connectivity index is 1.82. The van der Waals surface area contributed by atoms with E-state index in [0.717, 1.165) is 21.8 Å². The summed E-state index contributed by atoms with van der Waals surface area (Å²) in [6, 6.07) is 12.0. The zero-order valence-corrected chi connectivity index (χ0v) is 12.4. The lowest BCUT2D eigenvalue weighted by atomic mass is 10.1. The SMILES string of the molecule is CC(=O)c1cncc(Cc2csc(-c3ccccc3)n2)c1. The van der Waals surface area contributed by atoms with Gasteiger partial charge in [-0.05, 0) is 18.6 Å². The number of Topliss-reactive ketones (excluding diaryl/α,β-unsaturated/α-hetero) is 1. The quantitative estimate of drug-likeness (QED) is 0.683. The molecule has 0 aliphatic heterocycles. The van der Waals surface area contributed by atoms with E-state index in [1.165, 1.54) is 0 Å². The monoisotopic (exact) mass is 294 g/mol. The zero-order chi connectivity index (χ0) is 14.7. The van der Waals surface area contributed by atoms with E-state index in [1.807, 2.05) is 24.3 Å². The largest absolute Gasteiger partial charge is 0.294 e. The number of carbonyl (C=O) groups excluding carboxylic acids is 1. The van der Waals surface area contributed by atoms with E-state index >= 15 is 0 Å². The fraction of sp³-hybridized carbons (Fsp3) is 0.118. The molecule has 0 aliphatic rings. The lowest BCUT2D eigenvalue weighted by molar-refractivity contribution is 0.101. The Labute approximate surface area is 127 Å². The Bertz CT molecular complexity index is 765. The Morgan fingerprint density at radius 2 is 2.00 bits per heavy atom. The van der Waals surface area contributed by atoms with Crippen LogP contribution in [0.3, 0.4) is 0 Å². The Morgan fingerprint density at radius 3 is 2.76 bits per heavy atom. The molecule has 0 saturated carbocycles. The molecule has 2 aromatic heterocycles. The minimum atomic E-state index is 0.0348. The lowest BCUT2D eigenvalue weighted by Gasteiger charge is -2.00. The van der Waals surface area contributed by atoms with Gasteiger partial charge in [0.05, 0.1) is 5.69 Å². The maximum absolute atomic E-state index is 11.4. The van der Waals surface area contributed by atoms with Gasteiger partial charge in [0.1, 0.15) is 5.01 Å². The first-order valence-corrected chi connectivity index (χ1v) is 7.55. The molecule has 0 spiro atoms. The molecule has 104 valence electrons. The molecule has 0 unspecified atom stereocenters. The fourth-order valence-corrected chi connectivity index (χ4v) is 2.91. The number of ketones is 1. The molecule has 0 aliphatic carbocycles. The average Bonchev–Trinajstić information content (AvgIpc) is 2.97. The maximum Gasteiger partial charge on any atom is 0.161 e. The molecule has 0 fully saturated rings. The smallest absolute Gasteiger partial charge is 0.161 e. The van der Waals surface area contributed by atoms with Crippen LogP contribution >= 0.6 is 11.3 Å². The summed E-state index contributed by atoms with van der Waals surface area (Å²) in [6.45, 7) is 1.55. The number of pyridine rings is 1. The highest BCUT2D eigenvalue weighted by Crippen LogP contribution is 2.24. The molecular formula is C17H14N2OS. The molecule has 4 heteroatoms. The van der Waals surface area contributed by atoms with Crippen LogP contribution in [-0.2, 0) is 6.42 Å². The van der Waals surface area contributed by atoms with Crippen molar-refractivity contribution in [3.05, 3.63) is 71.0 Å². The molecule has 0 N–H and O–H groups in total. The molecule has 0 atom stereocenters. The van der Waals surface area contributed by atoms with Crippen LogP contribution in [0.1, 0.15) is 28.5 Å². The van der Waals surface area contributed by atoms with Gasteiger partial charge in [0.25, 0.3) is 0 Å². The predicted molar refractivity (Wildman–Crippen MR) is 84.6 cm³/mol. The van der Waals surface area contributed by atoms with Crippen LogP contribution in [0.5, 0.6) is 0 Å². The number of aromatic nitrogens is 2. The van der Waals surface area contributed by atoms with Crippen molar-refractivity contribution in [2.45, 2.75) is 13.3 Å². The van der Waals surface area contributed by atoms with E-state index < -0.39 is 0 Å². The van der Waals surface area contributed by atoms with Gasteiger partial charge in [0.15, 0.2) is 5.78 Å². The molecule has 3 aromatic rings. The number of rotatable bonds is 4. The van der Waals surface area contributed by atoms with Gasteiger partial charge in [-0.25, -0.2) is 4.98 Å². The van der Waals surface area contributed by atoms with Gasteiger partial charge in [-0.1, -0.05) is 30.3 Å². The second-order valence-electron chi connectivity index (χ2n) is 4.82. The van der Waals surface area contributed by atoms with Crippen LogP contribution < -0.4 is 0 Å². The molecule has 3 nitrogen and oxygen atoms in total. The van der Waals surface area contributed by atoms with Crippen molar-refractivity contribution in [3.8, 4) is 10.6 Å². The van der Waals surface area contributed by atoms with Crippen LogP contribution in [0, 0.1) is 0 Å². The van der Waals surface area contributed by atoms with Gasteiger partial charge in [-0.3, -0.25) is 9.78 Å². The second kappa shape index (κ2) is 5.97. The number of hydrogen-bond donors (Lipinski definition) is 0. The lowest BCUT2D eigenvalue weighted by Crippen LogP contribution is -1.97. The van der Waals surface area contributed by atoms with Crippen molar-refractivity contribution < 1.29 is 4.79 Å². The van der Waals surface area contributed by atoms with Gasteiger partial charge >= 0.3 is 0 Å². The summed E-state index contributed by atoms with van der Waals surface area (Å²) >= 11 is 1.63. The summed E-state index contributed by atoms with van der Waals surface area (Å²) in [7, 11) is 0. The standard InChI is InChI=1S/C17H14N2OS/c1-12(20)15-7-13(9-18-10-15)8-16-11-21-17(19-16)14-5-3-2-4-6-14/h2-7,9-11H,8H2,1H3. The molecule has 1 aromatic carbocycles. The molecule has 21 heavy (non-hydrogen) atoms.